The fraction of sp³-hybridized carbons (Fsp3) is 0.339. The van der Waals surface area contributed by atoms with Crippen LogP contribution in [0.1, 0.15) is 110 Å². The summed E-state index contributed by atoms with van der Waals surface area (Å²) < 4.78 is 40.6. The summed E-state index contributed by atoms with van der Waals surface area (Å²) in [6.07, 6.45) is 14.5. The quantitative estimate of drug-likeness (QED) is 0.0191. The van der Waals surface area contributed by atoms with Gasteiger partial charge in [0, 0.05) is 35.5 Å². The SMILES string of the molecule is C=CCOCCCCCCOc1ccc2cc(C#Cc3ccc(OCCCCOc4ccc(C#Cc5ccc6cc(OCCCCCCOCC=C)ccc6c5)cc4C(=O)OCCC)cc3)ccc2c1. The molecule has 0 atom stereocenters. The Labute approximate surface area is 415 Å². The van der Waals surface area contributed by atoms with Crippen LogP contribution in [0.15, 0.2) is 141 Å². The van der Waals surface area contributed by atoms with Crippen LogP contribution in [0, 0.1) is 23.7 Å². The van der Waals surface area contributed by atoms with Crippen molar-refractivity contribution in [2.45, 2.75) is 77.6 Å². The van der Waals surface area contributed by atoms with E-state index in [0.717, 1.165) is 139 Å². The van der Waals surface area contributed by atoms with Crippen LogP contribution in [-0.4, -0.2) is 65.4 Å². The summed E-state index contributed by atoms with van der Waals surface area (Å²) in [7, 11) is 0. The predicted octanol–water partition coefficient (Wildman–Crippen LogP) is 13.9. The lowest BCUT2D eigenvalue weighted by molar-refractivity contribution is 0.0500. The number of rotatable bonds is 30. The maximum Gasteiger partial charge on any atom is 0.341 e. The molecule has 0 aromatic heterocycles. The van der Waals surface area contributed by atoms with Crippen molar-refractivity contribution in [1.29, 1.82) is 0 Å². The lowest BCUT2D eigenvalue weighted by Crippen LogP contribution is -2.10. The molecule has 0 saturated heterocycles. The van der Waals surface area contributed by atoms with E-state index in [4.69, 9.17) is 33.2 Å². The van der Waals surface area contributed by atoms with Crippen molar-refractivity contribution in [3.8, 4) is 46.7 Å². The Morgan fingerprint density at radius 3 is 1.36 bits per heavy atom. The van der Waals surface area contributed by atoms with Crippen molar-refractivity contribution in [3.63, 3.8) is 0 Å². The first-order chi connectivity index (χ1) is 34.5. The van der Waals surface area contributed by atoms with Gasteiger partial charge in [0.15, 0.2) is 0 Å². The van der Waals surface area contributed by atoms with Gasteiger partial charge in [-0.1, -0.05) is 79.9 Å². The van der Waals surface area contributed by atoms with Crippen LogP contribution in [0.5, 0.6) is 23.0 Å². The molecule has 364 valence electrons. The largest absolute Gasteiger partial charge is 0.494 e. The molecule has 0 amide bonds. The molecule has 0 heterocycles. The summed E-state index contributed by atoms with van der Waals surface area (Å²) in [5.41, 5.74) is 3.80. The van der Waals surface area contributed by atoms with Gasteiger partial charge in [-0.3, -0.25) is 0 Å². The van der Waals surface area contributed by atoms with Crippen LogP contribution >= 0.6 is 0 Å². The second-order valence-electron chi connectivity index (χ2n) is 17.0. The van der Waals surface area contributed by atoms with Gasteiger partial charge in [-0.15, -0.1) is 13.2 Å². The van der Waals surface area contributed by atoms with Crippen molar-refractivity contribution < 1.29 is 38.0 Å². The molecule has 6 rings (SSSR count). The Morgan fingerprint density at radius 2 is 0.829 bits per heavy atom. The molecule has 8 heteroatoms. The van der Waals surface area contributed by atoms with Crippen molar-refractivity contribution in [3.05, 3.63) is 168 Å². The molecule has 6 aromatic rings. The Balaban J connectivity index is 0.916. The summed E-state index contributed by atoms with van der Waals surface area (Å²) in [5.74, 6) is 15.7. The minimum Gasteiger partial charge on any atom is -0.494 e. The van der Waals surface area contributed by atoms with E-state index in [9.17, 15) is 4.79 Å². The summed E-state index contributed by atoms with van der Waals surface area (Å²) in [4.78, 5) is 13.1. The molecule has 70 heavy (non-hydrogen) atoms. The molecular weight excluding hydrogens is 873 g/mol. The normalized spacial score (nSPS) is 10.7. The fourth-order valence-corrected chi connectivity index (χ4v) is 7.48. The summed E-state index contributed by atoms with van der Waals surface area (Å²) >= 11 is 0. The van der Waals surface area contributed by atoms with E-state index in [0.29, 0.717) is 63.1 Å². The Morgan fingerprint density at radius 1 is 0.429 bits per heavy atom. The second kappa shape index (κ2) is 30.5. The van der Waals surface area contributed by atoms with E-state index < -0.39 is 5.97 Å². The van der Waals surface area contributed by atoms with Gasteiger partial charge in [0.05, 0.1) is 46.2 Å². The number of esters is 1. The number of fused-ring (bicyclic) bond motifs is 2. The molecular formula is C62H68O8. The van der Waals surface area contributed by atoms with Crippen molar-refractivity contribution in [2.24, 2.45) is 0 Å². The standard InChI is InChI=1S/C62H68O8/c1-4-35-64-38-11-7-9-13-40-67-58-32-28-53-44-50(21-26-55(53)47-58)18-17-49-23-30-57(31-24-49)66-42-15-16-43-69-61-34-25-52(46-60(61)62(63)70-37-6-3)20-19-51-22-27-56-48-59(33-29-54(56)45-51)68-41-14-10-8-12-39-65-36-5-2/h4-5,21-34,44-48H,1-2,6-16,35-43H2,3H3. The zero-order chi connectivity index (χ0) is 48.9. The topological polar surface area (TPSA) is 81.7 Å². The van der Waals surface area contributed by atoms with Crippen LogP contribution in [0.2, 0.25) is 0 Å². The van der Waals surface area contributed by atoms with Crippen LogP contribution in [-0.2, 0) is 14.2 Å². The van der Waals surface area contributed by atoms with Gasteiger partial charge in [-0.25, -0.2) is 4.79 Å². The van der Waals surface area contributed by atoms with E-state index in [1.807, 2.05) is 61.5 Å². The Bertz CT molecular complexity index is 2700. The number of carbonyl (C=O) groups excluding carboxylic acids is 1. The highest BCUT2D eigenvalue weighted by molar-refractivity contribution is 5.93. The number of hydrogen-bond acceptors (Lipinski definition) is 8. The minimum atomic E-state index is -0.425. The smallest absolute Gasteiger partial charge is 0.341 e. The minimum absolute atomic E-state index is 0.327. The van der Waals surface area contributed by atoms with Crippen molar-refractivity contribution in [2.75, 3.05) is 59.5 Å². The number of hydrogen-bond donors (Lipinski definition) is 0. The van der Waals surface area contributed by atoms with Crippen molar-refractivity contribution >= 4 is 27.5 Å². The van der Waals surface area contributed by atoms with Gasteiger partial charge in [0.2, 0.25) is 0 Å². The maximum atomic E-state index is 13.1. The van der Waals surface area contributed by atoms with Gasteiger partial charge >= 0.3 is 5.97 Å². The Hall–Kier alpha value is -6.97. The molecule has 6 aromatic carbocycles. The fourth-order valence-electron chi connectivity index (χ4n) is 7.48. The monoisotopic (exact) mass is 940 g/mol. The first-order valence-corrected chi connectivity index (χ1v) is 24.9. The molecule has 0 spiro atoms. The van der Waals surface area contributed by atoms with E-state index in [1.165, 1.54) is 0 Å². The second-order valence-corrected chi connectivity index (χ2v) is 17.0. The zero-order valence-corrected chi connectivity index (χ0v) is 40.9. The molecule has 0 aliphatic carbocycles. The zero-order valence-electron chi connectivity index (χ0n) is 40.9. The molecule has 0 aliphatic heterocycles. The predicted molar refractivity (Wildman–Crippen MR) is 283 cm³/mol. The highest BCUT2D eigenvalue weighted by Gasteiger charge is 2.15. The highest BCUT2D eigenvalue weighted by Crippen LogP contribution is 2.26. The van der Waals surface area contributed by atoms with Crippen molar-refractivity contribution in [1.82, 2.24) is 0 Å². The molecule has 0 bridgehead atoms. The molecule has 0 unspecified atom stereocenters. The van der Waals surface area contributed by atoms with Gasteiger partial charge in [0.25, 0.3) is 0 Å². The van der Waals surface area contributed by atoms with E-state index in [1.54, 1.807) is 24.3 Å². The van der Waals surface area contributed by atoms with Crippen LogP contribution in [0.3, 0.4) is 0 Å². The van der Waals surface area contributed by atoms with Gasteiger partial charge < -0.3 is 33.2 Å². The van der Waals surface area contributed by atoms with Gasteiger partial charge in [0.1, 0.15) is 28.6 Å². The number of benzene rings is 6. The molecule has 0 aliphatic rings. The molecule has 0 fully saturated rings. The van der Waals surface area contributed by atoms with E-state index in [-0.39, 0.29) is 0 Å². The molecule has 0 radical (unpaired) electrons. The number of carbonyl (C=O) groups is 1. The average Bonchev–Trinajstić information content (AvgIpc) is 3.39. The van der Waals surface area contributed by atoms with E-state index in [2.05, 4.69) is 85.4 Å². The summed E-state index contributed by atoms with van der Waals surface area (Å²) in [6.45, 7) is 14.8. The van der Waals surface area contributed by atoms with Crippen LogP contribution in [0.4, 0.5) is 0 Å². The summed E-state index contributed by atoms with van der Waals surface area (Å²) in [5, 5.41) is 4.42. The van der Waals surface area contributed by atoms with Crippen LogP contribution < -0.4 is 18.9 Å². The third-order valence-corrected chi connectivity index (χ3v) is 11.3. The van der Waals surface area contributed by atoms with Crippen LogP contribution in [0.25, 0.3) is 21.5 Å². The third-order valence-electron chi connectivity index (χ3n) is 11.3. The van der Waals surface area contributed by atoms with Gasteiger partial charge in [-0.2, -0.15) is 0 Å². The molecule has 0 N–H and O–H groups in total. The first-order valence-electron chi connectivity index (χ1n) is 24.9. The first kappa shape index (κ1) is 52.4. The molecule has 8 nitrogen and oxygen atoms in total. The summed E-state index contributed by atoms with van der Waals surface area (Å²) in [6, 6.07) is 38.0. The lowest BCUT2D eigenvalue weighted by Gasteiger charge is -2.12. The highest BCUT2D eigenvalue weighted by atomic mass is 16.5. The third kappa shape index (κ3) is 18.5. The number of unbranched alkanes of at least 4 members (excludes halogenated alkanes) is 7. The van der Waals surface area contributed by atoms with E-state index >= 15 is 0 Å². The maximum absolute atomic E-state index is 13.1. The Kier molecular flexibility index (Phi) is 22.8. The van der Waals surface area contributed by atoms with Gasteiger partial charge in [-0.05, 0) is 170 Å². The molecule has 0 saturated carbocycles. The lowest BCUT2D eigenvalue weighted by atomic mass is 10.1. The number of ether oxygens (including phenoxy) is 7. The average molecular weight is 941 g/mol.